The molecule has 3 aromatic rings. The van der Waals surface area contributed by atoms with Crippen LogP contribution >= 0.6 is 7.60 Å². The number of azo groups is 1. The summed E-state index contributed by atoms with van der Waals surface area (Å²) in [7, 11) is -4.20. The molecule has 5 nitrogen and oxygen atoms in total. The highest BCUT2D eigenvalue weighted by atomic mass is 31.2. The van der Waals surface area contributed by atoms with E-state index in [-0.39, 0.29) is 5.30 Å². The van der Waals surface area contributed by atoms with Crippen molar-refractivity contribution in [1.29, 1.82) is 0 Å². The molecule has 0 saturated carbocycles. The summed E-state index contributed by atoms with van der Waals surface area (Å²) in [6.07, 6.45) is 0. The quantitative estimate of drug-likeness (QED) is 0.540. The van der Waals surface area contributed by atoms with Crippen molar-refractivity contribution in [2.75, 3.05) is 0 Å². The lowest BCUT2D eigenvalue weighted by Gasteiger charge is -2.06. The van der Waals surface area contributed by atoms with Crippen LogP contribution < -0.4 is 5.30 Å². The molecule has 0 saturated heterocycles. The summed E-state index contributed by atoms with van der Waals surface area (Å²) in [5, 5.41) is 8.35. The van der Waals surface area contributed by atoms with Crippen molar-refractivity contribution in [3.05, 3.63) is 78.9 Å². The molecule has 120 valence electrons. The average molecular weight is 338 g/mol. The van der Waals surface area contributed by atoms with Crippen LogP contribution in [0, 0.1) is 0 Å². The van der Waals surface area contributed by atoms with Crippen molar-refractivity contribution in [2.24, 2.45) is 10.2 Å². The van der Waals surface area contributed by atoms with Crippen molar-refractivity contribution in [2.45, 2.75) is 0 Å². The Morgan fingerprint density at radius 1 is 0.625 bits per heavy atom. The van der Waals surface area contributed by atoms with E-state index in [9.17, 15) is 4.57 Å². The van der Waals surface area contributed by atoms with Gasteiger partial charge in [0.15, 0.2) is 0 Å². The SMILES string of the molecule is O=P(O)(O)c1ccc(-c2ccc(N=Nc3ccccc3)cc2)cc1. The molecule has 0 unspecified atom stereocenters. The van der Waals surface area contributed by atoms with Crippen LogP contribution in [0.4, 0.5) is 11.4 Å². The summed E-state index contributed by atoms with van der Waals surface area (Å²) in [5.74, 6) is 0. The Morgan fingerprint density at radius 2 is 1.08 bits per heavy atom. The molecule has 6 heteroatoms. The highest BCUT2D eigenvalue weighted by Crippen LogP contribution is 2.34. The maximum absolute atomic E-state index is 11.2. The van der Waals surface area contributed by atoms with Crippen molar-refractivity contribution >= 4 is 24.3 Å². The molecule has 0 bridgehead atoms. The molecule has 0 spiro atoms. The van der Waals surface area contributed by atoms with Crippen molar-refractivity contribution in [3.63, 3.8) is 0 Å². The fourth-order valence-corrected chi connectivity index (χ4v) is 2.72. The van der Waals surface area contributed by atoms with Crippen LogP contribution in [0.2, 0.25) is 0 Å². The fraction of sp³-hybridized carbons (Fsp3) is 0. The number of hydrogen-bond acceptors (Lipinski definition) is 3. The number of rotatable bonds is 4. The van der Waals surface area contributed by atoms with Gasteiger partial charge in [0, 0.05) is 0 Å². The van der Waals surface area contributed by atoms with Gasteiger partial charge in [-0.1, -0.05) is 42.5 Å². The first-order chi connectivity index (χ1) is 11.5. The molecule has 0 aliphatic rings. The van der Waals surface area contributed by atoms with Gasteiger partial charge in [0.2, 0.25) is 0 Å². The normalized spacial score (nSPS) is 11.8. The Bertz CT molecular complexity index is 886. The smallest absolute Gasteiger partial charge is 0.321 e. The molecule has 0 radical (unpaired) electrons. The zero-order chi connectivity index (χ0) is 17.0. The predicted octanol–water partition coefficient (Wildman–Crippen LogP) is 4.57. The molecule has 3 aromatic carbocycles. The number of benzene rings is 3. The van der Waals surface area contributed by atoms with Gasteiger partial charge in [0.05, 0.1) is 16.7 Å². The summed E-state index contributed by atoms with van der Waals surface area (Å²) < 4.78 is 11.2. The monoisotopic (exact) mass is 338 g/mol. The van der Waals surface area contributed by atoms with Crippen LogP contribution in [-0.2, 0) is 4.57 Å². The first kappa shape index (κ1) is 16.3. The molecule has 24 heavy (non-hydrogen) atoms. The van der Waals surface area contributed by atoms with Gasteiger partial charge < -0.3 is 9.79 Å². The van der Waals surface area contributed by atoms with Gasteiger partial charge in [-0.25, -0.2) is 0 Å². The molecular formula is C18H15N2O3P. The molecular weight excluding hydrogens is 323 g/mol. The van der Waals surface area contributed by atoms with Crippen molar-refractivity contribution in [3.8, 4) is 11.1 Å². The lowest BCUT2D eigenvalue weighted by atomic mass is 10.1. The minimum atomic E-state index is -4.20. The third kappa shape index (κ3) is 4.03. The molecule has 0 atom stereocenters. The minimum Gasteiger partial charge on any atom is -0.321 e. The summed E-state index contributed by atoms with van der Waals surface area (Å²) in [4.78, 5) is 18.3. The van der Waals surface area contributed by atoms with E-state index in [1.54, 1.807) is 12.1 Å². The maximum atomic E-state index is 11.2. The van der Waals surface area contributed by atoms with Gasteiger partial charge in [0.25, 0.3) is 0 Å². The summed E-state index contributed by atoms with van der Waals surface area (Å²) >= 11 is 0. The standard InChI is InChI=1S/C18H15N2O3P/c21-24(22,23)18-12-8-15(9-13-18)14-6-10-17(11-7-14)20-19-16-4-2-1-3-5-16/h1-13H,(H2,21,22,23). The zero-order valence-electron chi connectivity index (χ0n) is 12.6. The van der Waals surface area contributed by atoms with E-state index < -0.39 is 7.60 Å². The molecule has 0 aliphatic carbocycles. The third-order valence-corrected chi connectivity index (χ3v) is 4.41. The van der Waals surface area contributed by atoms with E-state index >= 15 is 0 Å². The fourth-order valence-electron chi connectivity index (χ4n) is 2.18. The van der Waals surface area contributed by atoms with Gasteiger partial charge in [-0.05, 0) is 47.5 Å². The summed E-state index contributed by atoms with van der Waals surface area (Å²) in [5.41, 5.74) is 3.33. The number of nitrogens with zero attached hydrogens (tertiary/aromatic N) is 2. The first-order valence-electron chi connectivity index (χ1n) is 7.26. The Hall–Kier alpha value is -2.59. The Morgan fingerprint density at radius 3 is 1.58 bits per heavy atom. The third-order valence-electron chi connectivity index (χ3n) is 3.44. The second-order valence-electron chi connectivity index (χ2n) is 5.17. The van der Waals surface area contributed by atoms with E-state index in [1.165, 1.54) is 12.1 Å². The van der Waals surface area contributed by atoms with E-state index in [4.69, 9.17) is 9.79 Å². The summed E-state index contributed by atoms with van der Waals surface area (Å²) in [6, 6.07) is 23.2. The van der Waals surface area contributed by atoms with Gasteiger partial charge in [0.1, 0.15) is 0 Å². The van der Waals surface area contributed by atoms with E-state index in [1.807, 2.05) is 54.6 Å². The maximum Gasteiger partial charge on any atom is 0.356 e. The van der Waals surface area contributed by atoms with Crippen LogP contribution in [0.3, 0.4) is 0 Å². The predicted molar refractivity (Wildman–Crippen MR) is 94.2 cm³/mol. The van der Waals surface area contributed by atoms with E-state index in [0.29, 0.717) is 0 Å². The van der Waals surface area contributed by atoms with E-state index in [0.717, 1.165) is 22.5 Å². The van der Waals surface area contributed by atoms with Gasteiger partial charge in [-0.2, -0.15) is 10.2 Å². The molecule has 0 aliphatic heterocycles. The van der Waals surface area contributed by atoms with Crippen molar-refractivity contribution < 1.29 is 14.4 Å². The van der Waals surface area contributed by atoms with Crippen LogP contribution in [-0.4, -0.2) is 9.79 Å². The van der Waals surface area contributed by atoms with Gasteiger partial charge in [-0.15, -0.1) is 0 Å². The molecule has 0 amide bonds. The molecule has 0 heterocycles. The second kappa shape index (κ2) is 6.89. The first-order valence-corrected chi connectivity index (χ1v) is 8.87. The second-order valence-corrected chi connectivity index (χ2v) is 6.78. The largest absolute Gasteiger partial charge is 0.356 e. The van der Waals surface area contributed by atoms with Gasteiger partial charge >= 0.3 is 7.60 Å². The lowest BCUT2D eigenvalue weighted by molar-refractivity contribution is 0.387. The summed E-state index contributed by atoms with van der Waals surface area (Å²) in [6.45, 7) is 0. The number of hydrogen-bond donors (Lipinski definition) is 2. The topological polar surface area (TPSA) is 82.2 Å². The Labute approximate surface area is 139 Å². The van der Waals surface area contributed by atoms with Crippen LogP contribution in [0.1, 0.15) is 0 Å². The Kier molecular flexibility index (Phi) is 4.67. The van der Waals surface area contributed by atoms with Crippen molar-refractivity contribution in [1.82, 2.24) is 0 Å². The molecule has 2 N–H and O–H groups in total. The molecule has 3 rings (SSSR count). The van der Waals surface area contributed by atoms with E-state index in [2.05, 4.69) is 10.2 Å². The highest BCUT2D eigenvalue weighted by Gasteiger charge is 2.16. The molecule has 0 fully saturated rings. The van der Waals surface area contributed by atoms with Crippen LogP contribution in [0.25, 0.3) is 11.1 Å². The van der Waals surface area contributed by atoms with Gasteiger partial charge in [-0.3, -0.25) is 4.57 Å². The molecule has 0 aromatic heterocycles. The van der Waals surface area contributed by atoms with Crippen LogP contribution in [0.5, 0.6) is 0 Å². The minimum absolute atomic E-state index is 0.0135. The van der Waals surface area contributed by atoms with Crippen LogP contribution in [0.15, 0.2) is 89.1 Å². The zero-order valence-corrected chi connectivity index (χ0v) is 13.5. The Balaban J connectivity index is 1.77. The lowest BCUT2D eigenvalue weighted by Crippen LogP contribution is -2.02. The highest BCUT2D eigenvalue weighted by molar-refractivity contribution is 7.60. The average Bonchev–Trinajstić information content (AvgIpc) is 2.61.